The Labute approximate surface area is 162 Å². The fourth-order valence-electron chi connectivity index (χ4n) is 2.58. The maximum atomic E-state index is 12.3. The van der Waals surface area contributed by atoms with Gasteiger partial charge >= 0.3 is 6.09 Å². The zero-order valence-corrected chi connectivity index (χ0v) is 16.3. The third kappa shape index (κ3) is 5.18. The average Bonchev–Trinajstić information content (AvgIpc) is 3.08. The number of thiazole rings is 1. The van der Waals surface area contributed by atoms with Gasteiger partial charge in [0.1, 0.15) is 23.5 Å². The second kappa shape index (κ2) is 7.94. The predicted molar refractivity (Wildman–Crippen MR) is 99.8 cm³/mol. The maximum absolute atomic E-state index is 12.3. The molecule has 142 valence electrons. The Morgan fingerprint density at radius 3 is 2.96 bits per heavy atom. The third-order valence-corrected chi connectivity index (χ3v) is 4.47. The molecular weight excluding hydrogens is 366 g/mol. The Bertz CT molecular complexity index is 853. The first-order valence-corrected chi connectivity index (χ1v) is 9.45. The number of carbonyl (C=O) groups is 1. The van der Waals surface area contributed by atoms with Crippen molar-refractivity contribution in [3.8, 4) is 17.0 Å². The van der Waals surface area contributed by atoms with Crippen LogP contribution in [0.4, 0.5) is 4.79 Å². The number of morpholine rings is 1. The van der Waals surface area contributed by atoms with Crippen LogP contribution in [0.2, 0.25) is 0 Å². The number of ether oxygens (including phenoxy) is 3. The third-order valence-electron chi connectivity index (χ3n) is 3.75. The summed E-state index contributed by atoms with van der Waals surface area (Å²) in [4.78, 5) is 18.0. The number of nitriles is 1. The molecule has 1 saturated heterocycles. The SMILES string of the molecule is CC(C)(C)OC(=O)N1CCO[C@H](c2cccc(Oc3nc(C#N)cs3)c2)C1. The number of nitrogens with zero attached hydrogens (tertiary/aromatic N) is 3. The molecule has 1 aromatic carbocycles. The molecule has 0 aliphatic carbocycles. The van der Waals surface area contributed by atoms with Gasteiger partial charge in [0, 0.05) is 11.9 Å². The topological polar surface area (TPSA) is 84.7 Å². The molecule has 2 aromatic rings. The molecule has 0 spiro atoms. The van der Waals surface area contributed by atoms with E-state index >= 15 is 0 Å². The van der Waals surface area contributed by atoms with Crippen molar-refractivity contribution in [1.29, 1.82) is 5.26 Å². The fraction of sp³-hybridized carbons (Fsp3) is 0.421. The molecule has 1 aromatic heterocycles. The van der Waals surface area contributed by atoms with E-state index < -0.39 is 5.60 Å². The molecule has 1 fully saturated rings. The van der Waals surface area contributed by atoms with Gasteiger partial charge in [-0.1, -0.05) is 23.5 Å². The van der Waals surface area contributed by atoms with Crippen LogP contribution in [0.5, 0.6) is 10.9 Å². The lowest BCUT2D eigenvalue weighted by Gasteiger charge is -2.34. The molecular formula is C19H21N3O4S. The Morgan fingerprint density at radius 2 is 2.26 bits per heavy atom. The molecule has 7 nitrogen and oxygen atoms in total. The monoisotopic (exact) mass is 387 g/mol. The second-order valence-electron chi connectivity index (χ2n) is 7.07. The molecule has 1 aliphatic rings. The van der Waals surface area contributed by atoms with Crippen LogP contribution < -0.4 is 4.74 Å². The van der Waals surface area contributed by atoms with Crippen molar-refractivity contribution >= 4 is 17.4 Å². The molecule has 0 N–H and O–H groups in total. The highest BCUT2D eigenvalue weighted by Gasteiger charge is 2.29. The molecule has 27 heavy (non-hydrogen) atoms. The first kappa shape index (κ1) is 19.1. The van der Waals surface area contributed by atoms with E-state index in [9.17, 15) is 4.79 Å². The lowest BCUT2D eigenvalue weighted by Crippen LogP contribution is -2.44. The molecule has 0 bridgehead atoms. The van der Waals surface area contributed by atoms with E-state index in [2.05, 4.69) is 4.98 Å². The van der Waals surface area contributed by atoms with E-state index in [1.165, 1.54) is 11.3 Å². The number of hydrogen-bond acceptors (Lipinski definition) is 7. The molecule has 1 atom stereocenters. The van der Waals surface area contributed by atoms with E-state index in [-0.39, 0.29) is 12.2 Å². The van der Waals surface area contributed by atoms with Gasteiger partial charge in [0.25, 0.3) is 5.19 Å². The summed E-state index contributed by atoms with van der Waals surface area (Å²) in [6.07, 6.45) is -0.601. The highest BCUT2D eigenvalue weighted by atomic mass is 32.1. The highest BCUT2D eigenvalue weighted by molar-refractivity contribution is 7.11. The minimum Gasteiger partial charge on any atom is -0.444 e. The van der Waals surface area contributed by atoms with Crippen molar-refractivity contribution in [2.24, 2.45) is 0 Å². The molecule has 3 rings (SSSR count). The quantitative estimate of drug-likeness (QED) is 0.788. The van der Waals surface area contributed by atoms with Crippen LogP contribution in [0.3, 0.4) is 0 Å². The summed E-state index contributed by atoms with van der Waals surface area (Å²) in [7, 11) is 0. The van der Waals surface area contributed by atoms with Gasteiger partial charge in [0.05, 0.1) is 13.2 Å². The van der Waals surface area contributed by atoms with E-state index in [1.54, 1.807) is 10.3 Å². The van der Waals surface area contributed by atoms with E-state index in [4.69, 9.17) is 19.5 Å². The number of hydrogen-bond donors (Lipinski definition) is 0. The Kier molecular flexibility index (Phi) is 5.63. The first-order chi connectivity index (χ1) is 12.8. The zero-order valence-electron chi connectivity index (χ0n) is 15.5. The summed E-state index contributed by atoms with van der Waals surface area (Å²) in [5.74, 6) is 0.601. The maximum Gasteiger partial charge on any atom is 0.410 e. The van der Waals surface area contributed by atoms with Crippen molar-refractivity contribution < 1.29 is 19.0 Å². The van der Waals surface area contributed by atoms with Gasteiger partial charge in [-0.05, 0) is 38.5 Å². The Balaban J connectivity index is 1.68. The molecule has 1 aliphatic heterocycles. The van der Waals surface area contributed by atoms with Gasteiger partial charge < -0.3 is 19.1 Å². The van der Waals surface area contributed by atoms with Crippen molar-refractivity contribution in [2.45, 2.75) is 32.5 Å². The molecule has 0 radical (unpaired) electrons. The van der Waals surface area contributed by atoms with Gasteiger partial charge in [-0.15, -0.1) is 0 Å². The summed E-state index contributed by atoms with van der Waals surface area (Å²) in [5.41, 5.74) is 0.696. The Hall–Kier alpha value is -2.63. The highest BCUT2D eigenvalue weighted by Crippen LogP contribution is 2.30. The lowest BCUT2D eigenvalue weighted by atomic mass is 10.1. The largest absolute Gasteiger partial charge is 0.444 e. The van der Waals surface area contributed by atoms with E-state index in [1.807, 2.05) is 51.1 Å². The zero-order chi connectivity index (χ0) is 19.4. The fourth-order valence-corrected chi connectivity index (χ4v) is 3.19. The standard InChI is InChI=1S/C19H21N3O4S/c1-19(2,3)26-18(23)22-7-8-24-16(11-22)13-5-4-6-15(9-13)25-17-21-14(10-20)12-27-17/h4-6,9,12,16H,7-8,11H2,1-3H3/t16-/m0/s1. The molecule has 0 saturated carbocycles. The summed E-state index contributed by atoms with van der Waals surface area (Å²) < 4.78 is 17.0. The smallest absolute Gasteiger partial charge is 0.410 e. The molecule has 1 amide bonds. The van der Waals surface area contributed by atoms with Crippen molar-refractivity contribution in [2.75, 3.05) is 19.7 Å². The van der Waals surface area contributed by atoms with Gasteiger partial charge in [0.2, 0.25) is 0 Å². The number of carbonyl (C=O) groups excluding carboxylic acids is 1. The van der Waals surface area contributed by atoms with Gasteiger partial charge in [-0.25, -0.2) is 4.79 Å². The van der Waals surface area contributed by atoms with Crippen molar-refractivity contribution in [3.63, 3.8) is 0 Å². The molecule has 8 heteroatoms. The summed E-state index contributed by atoms with van der Waals surface area (Å²) >= 11 is 1.26. The summed E-state index contributed by atoms with van der Waals surface area (Å²) in [6, 6.07) is 9.44. The molecule has 0 unspecified atom stereocenters. The number of amides is 1. The van der Waals surface area contributed by atoms with Gasteiger partial charge in [0.15, 0.2) is 5.69 Å². The minimum absolute atomic E-state index is 0.263. The second-order valence-corrected chi connectivity index (χ2v) is 7.89. The van der Waals surface area contributed by atoms with Gasteiger partial charge in [-0.2, -0.15) is 10.2 Å². The van der Waals surface area contributed by atoms with E-state index in [0.717, 1.165) is 5.56 Å². The normalized spacial score (nSPS) is 17.3. The summed E-state index contributed by atoms with van der Waals surface area (Å²) in [6.45, 7) is 6.89. The number of aromatic nitrogens is 1. The first-order valence-electron chi connectivity index (χ1n) is 8.57. The summed E-state index contributed by atoms with van der Waals surface area (Å²) in [5, 5.41) is 10.9. The van der Waals surface area contributed by atoms with Crippen LogP contribution in [-0.2, 0) is 9.47 Å². The number of benzene rings is 1. The number of rotatable bonds is 3. The average molecular weight is 387 g/mol. The van der Waals surface area contributed by atoms with Crippen molar-refractivity contribution in [3.05, 3.63) is 40.9 Å². The van der Waals surface area contributed by atoms with Crippen LogP contribution in [0.1, 0.15) is 38.1 Å². The predicted octanol–water partition coefficient (Wildman–Crippen LogP) is 4.12. The van der Waals surface area contributed by atoms with Crippen LogP contribution in [0.25, 0.3) is 0 Å². The minimum atomic E-state index is -0.533. The molecule has 2 heterocycles. The van der Waals surface area contributed by atoms with Crippen LogP contribution in [0.15, 0.2) is 29.6 Å². The van der Waals surface area contributed by atoms with Crippen LogP contribution in [-0.4, -0.2) is 41.3 Å². The Morgan fingerprint density at radius 1 is 1.44 bits per heavy atom. The van der Waals surface area contributed by atoms with Crippen LogP contribution >= 0.6 is 11.3 Å². The van der Waals surface area contributed by atoms with E-state index in [0.29, 0.717) is 36.3 Å². The van der Waals surface area contributed by atoms with Crippen molar-refractivity contribution in [1.82, 2.24) is 9.88 Å². The van der Waals surface area contributed by atoms with Gasteiger partial charge in [-0.3, -0.25) is 0 Å². The van der Waals surface area contributed by atoms with Crippen LogP contribution in [0, 0.1) is 11.3 Å². The lowest BCUT2D eigenvalue weighted by molar-refractivity contribution is -0.0433.